The molecule has 1 aliphatic heterocycles. The van der Waals surface area contributed by atoms with Crippen molar-refractivity contribution in [3.8, 4) is 0 Å². The van der Waals surface area contributed by atoms with Gasteiger partial charge in [-0.15, -0.1) is 0 Å². The van der Waals surface area contributed by atoms with Crippen LogP contribution in [-0.2, 0) is 9.59 Å². The van der Waals surface area contributed by atoms with Crippen LogP contribution in [0, 0.1) is 23.7 Å². The monoisotopic (exact) mass is 219 g/mol. The number of imide groups is 1. The van der Waals surface area contributed by atoms with Crippen LogP contribution in [-0.4, -0.2) is 23.8 Å². The maximum Gasteiger partial charge on any atom is 0.233 e. The molecule has 0 radical (unpaired) electrons. The molecule has 1 saturated heterocycles. The van der Waals surface area contributed by atoms with Crippen molar-refractivity contribution >= 4 is 11.8 Å². The van der Waals surface area contributed by atoms with Gasteiger partial charge in [0, 0.05) is 7.05 Å². The van der Waals surface area contributed by atoms with Crippen LogP contribution >= 0.6 is 0 Å². The molecule has 3 fully saturated rings. The Hall–Kier alpha value is -1.12. The molecular weight excluding hydrogens is 202 g/mol. The maximum absolute atomic E-state index is 12.0. The molecule has 3 nitrogen and oxygen atoms in total. The van der Waals surface area contributed by atoms with E-state index in [1.54, 1.807) is 7.05 Å². The summed E-state index contributed by atoms with van der Waals surface area (Å²) < 4.78 is 0. The molecule has 3 rings (SSSR count). The topological polar surface area (TPSA) is 37.4 Å². The number of fused-ring (bicyclic) bond motifs is 5. The molecule has 0 aromatic rings. The van der Waals surface area contributed by atoms with Crippen LogP contribution in [0.1, 0.15) is 26.7 Å². The maximum atomic E-state index is 12.0. The predicted octanol–water partition coefficient (Wildman–Crippen LogP) is 1.59. The third kappa shape index (κ3) is 0.944. The lowest BCUT2D eigenvalue weighted by atomic mass is 9.81. The second kappa shape index (κ2) is 2.96. The molecule has 1 heterocycles. The highest BCUT2D eigenvalue weighted by atomic mass is 16.2. The molecule has 0 N–H and O–H groups in total. The fourth-order valence-corrected chi connectivity index (χ4v) is 4.14. The van der Waals surface area contributed by atoms with E-state index in [1.165, 1.54) is 16.0 Å². The summed E-state index contributed by atoms with van der Waals surface area (Å²) in [5, 5.41) is 0. The van der Waals surface area contributed by atoms with Gasteiger partial charge in [-0.1, -0.05) is 11.1 Å². The SMILES string of the molecule is CC(C)=C1[C@H]2CC[C@@H]1[C@H]1C(=O)N(C)C(=O)[C@H]12. The van der Waals surface area contributed by atoms with Crippen LogP contribution < -0.4 is 0 Å². The molecule has 0 spiro atoms. The van der Waals surface area contributed by atoms with Crippen molar-refractivity contribution < 1.29 is 9.59 Å². The lowest BCUT2D eigenvalue weighted by Gasteiger charge is -2.18. The van der Waals surface area contributed by atoms with Crippen LogP contribution in [0.15, 0.2) is 11.1 Å². The van der Waals surface area contributed by atoms with E-state index in [4.69, 9.17) is 0 Å². The number of carbonyl (C=O) groups is 2. The predicted molar refractivity (Wildman–Crippen MR) is 59.3 cm³/mol. The Morgan fingerprint density at radius 3 is 1.88 bits per heavy atom. The summed E-state index contributed by atoms with van der Waals surface area (Å²) in [6.45, 7) is 4.22. The first-order valence-corrected chi connectivity index (χ1v) is 6.02. The molecule has 2 saturated carbocycles. The van der Waals surface area contributed by atoms with E-state index in [9.17, 15) is 9.59 Å². The molecule has 3 heteroatoms. The minimum atomic E-state index is -0.0267. The quantitative estimate of drug-likeness (QED) is 0.458. The Balaban J connectivity index is 2.10. The number of carbonyl (C=O) groups excluding carboxylic acids is 2. The van der Waals surface area contributed by atoms with Crippen LogP contribution in [0.5, 0.6) is 0 Å². The molecule has 0 unspecified atom stereocenters. The Morgan fingerprint density at radius 2 is 1.50 bits per heavy atom. The van der Waals surface area contributed by atoms with Gasteiger partial charge in [0.05, 0.1) is 11.8 Å². The number of nitrogens with zero attached hydrogens (tertiary/aromatic N) is 1. The first-order valence-electron chi connectivity index (χ1n) is 6.02. The van der Waals surface area contributed by atoms with Crippen molar-refractivity contribution in [3.63, 3.8) is 0 Å². The van der Waals surface area contributed by atoms with E-state index in [-0.39, 0.29) is 23.7 Å². The summed E-state index contributed by atoms with van der Waals surface area (Å²) in [6.07, 6.45) is 2.19. The summed E-state index contributed by atoms with van der Waals surface area (Å²) in [4.78, 5) is 25.4. The highest BCUT2D eigenvalue weighted by molar-refractivity contribution is 6.06. The molecule has 86 valence electrons. The van der Waals surface area contributed by atoms with Crippen molar-refractivity contribution in [2.75, 3.05) is 7.05 Å². The van der Waals surface area contributed by atoms with Crippen LogP contribution in [0.4, 0.5) is 0 Å². The fraction of sp³-hybridized carbons (Fsp3) is 0.692. The minimum Gasteiger partial charge on any atom is -0.285 e. The number of allylic oxidation sites excluding steroid dienone is 2. The van der Waals surface area contributed by atoms with Gasteiger partial charge in [-0.2, -0.15) is 0 Å². The van der Waals surface area contributed by atoms with Crippen molar-refractivity contribution in [3.05, 3.63) is 11.1 Å². The van der Waals surface area contributed by atoms with Gasteiger partial charge in [0.15, 0.2) is 0 Å². The van der Waals surface area contributed by atoms with E-state index in [1.807, 2.05) is 0 Å². The van der Waals surface area contributed by atoms with Gasteiger partial charge >= 0.3 is 0 Å². The number of likely N-dealkylation sites (tertiary alicyclic amines) is 1. The van der Waals surface area contributed by atoms with Gasteiger partial charge in [-0.05, 0) is 38.5 Å². The Labute approximate surface area is 95.5 Å². The third-order valence-corrected chi connectivity index (χ3v) is 4.65. The zero-order valence-electron chi connectivity index (χ0n) is 9.99. The van der Waals surface area contributed by atoms with Gasteiger partial charge in [-0.25, -0.2) is 0 Å². The Bertz CT molecular complexity index is 388. The number of rotatable bonds is 0. The highest BCUT2D eigenvalue weighted by Gasteiger charge is 2.62. The number of hydrogen-bond donors (Lipinski definition) is 0. The van der Waals surface area contributed by atoms with Crippen LogP contribution in [0.25, 0.3) is 0 Å². The molecule has 0 aromatic carbocycles. The van der Waals surface area contributed by atoms with E-state index in [2.05, 4.69) is 13.8 Å². The third-order valence-electron chi connectivity index (χ3n) is 4.65. The summed E-state index contributed by atoms with van der Waals surface area (Å²) in [6, 6.07) is 0. The minimum absolute atomic E-state index is 0.0267. The first kappa shape index (κ1) is 10.1. The Morgan fingerprint density at radius 1 is 1.06 bits per heavy atom. The summed E-state index contributed by atoms with van der Waals surface area (Å²) in [5.41, 5.74) is 2.75. The van der Waals surface area contributed by atoms with Gasteiger partial charge in [-0.3, -0.25) is 14.5 Å². The van der Waals surface area contributed by atoms with Crippen LogP contribution in [0.3, 0.4) is 0 Å². The van der Waals surface area contributed by atoms with Gasteiger partial charge in [0.1, 0.15) is 0 Å². The normalized spacial score (nSPS) is 40.9. The summed E-state index contributed by atoms with van der Waals surface area (Å²) in [7, 11) is 1.63. The fourth-order valence-electron chi connectivity index (χ4n) is 4.14. The lowest BCUT2D eigenvalue weighted by Crippen LogP contribution is -2.28. The van der Waals surface area contributed by atoms with E-state index in [0.29, 0.717) is 11.8 Å². The van der Waals surface area contributed by atoms with E-state index < -0.39 is 0 Å². The van der Waals surface area contributed by atoms with Gasteiger partial charge in [0.25, 0.3) is 0 Å². The molecule has 16 heavy (non-hydrogen) atoms. The van der Waals surface area contributed by atoms with Crippen molar-refractivity contribution in [1.82, 2.24) is 4.90 Å². The highest BCUT2D eigenvalue weighted by Crippen LogP contribution is 2.59. The molecule has 2 aliphatic carbocycles. The number of amides is 2. The first-order chi connectivity index (χ1) is 7.54. The molecule has 2 amide bonds. The average Bonchev–Trinajstić information content (AvgIpc) is 2.85. The molecule has 0 aromatic heterocycles. The van der Waals surface area contributed by atoms with Crippen molar-refractivity contribution in [1.29, 1.82) is 0 Å². The average molecular weight is 219 g/mol. The molecule has 2 bridgehead atoms. The molecular formula is C13H17NO2. The number of hydrogen-bond acceptors (Lipinski definition) is 2. The zero-order valence-corrected chi connectivity index (χ0v) is 9.99. The molecule has 4 atom stereocenters. The van der Waals surface area contributed by atoms with Crippen molar-refractivity contribution in [2.24, 2.45) is 23.7 Å². The smallest absolute Gasteiger partial charge is 0.233 e. The lowest BCUT2D eigenvalue weighted by molar-refractivity contribution is -0.138. The zero-order chi connectivity index (χ0) is 11.6. The van der Waals surface area contributed by atoms with E-state index >= 15 is 0 Å². The second-order valence-electron chi connectivity index (χ2n) is 5.53. The van der Waals surface area contributed by atoms with E-state index in [0.717, 1.165) is 12.8 Å². The van der Waals surface area contributed by atoms with Crippen LogP contribution in [0.2, 0.25) is 0 Å². The van der Waals surface area contributed by atoms with Gasteiger partial charge in [0.2, 0.25) is 11.8 Å². The summed E-state index contributed by atoms with van der Waals surface area (Å²) >= 11 is 0. The van der Waals surface area contributed by atoms with Crippen molar-refractivity contribution in [2.45, 2.75) is 26.7 Å². The molecule has 3 aliphatic rings. The second-order valence-corrected chi connectivity index (χ2v) is 5.53. The standard InChI is InChI=1S/C13H17NO2/c1-6(2)9-7-4-5-8(9)11-10(7)12(15)14(3)13(11)16/h7-8,10-11H,4-5H2,1-3H3/t7-,8+,10+,11-. The summed E-state index contributed by atoms with van der Waals surface area (Å²) in [5.74, 6) is 0.784. The van der Waals surface area contributed by atoms with Gasteiger partial charge < -0.3 is 0 Å². The largest absolute Gasteiger partial charge is 0.285 e. The Kier molecular flexibility index (Phi) is 1.86.